The molecule has 178 valence electrons. The number of halogens is 1. The number of carbonyl (C=O) groups excluding carboxylic acids is 1. The molecule has 2 aromatic carbocycles. The van der Waals surface area contributed by atoms with Gasteiger partial charge in [0.25, 0.3) is 5.69 Å². The van der Waals surface area contributed by atoms with Gasteiger partial charge in [-0.3, -0.25) is 24.4 Å². The lowest BCUT2D eigenvalue weighted by Gasteiger charge is -2.26. The fourth-order valence-electron chi connectivity index (χ4n) is 3.88. The van der Waals surface area contributed by atoms with Gasteiger partial charge < -0.3 is 5.32 Å². The molecule has 1 aliphatic rings. The van der Waals surface area contributed by atoms with Crippen LogP contribution in [-0.2, 0) is 11.3 Å². The van der Waals surface area contributed by atoms with Crippen molar-refractivity contribution in [2.75, 3.05) is 24.2 Å². The van der Waals surface area contributed by atoms with Gasteiger partial charge in [-0.05, 0) is 68.8 Å². The molecular formula is C23H25FN6O3S. The molecule has 1 aliphatic heterocycles. The number of rotatable bonds is 8. The van der Waals surface area contributed by atoms with E-state index >= 15 is 0 Å². The first-order chi connectivity index (χ1) is 16.4. The highest BCUT2D eigenvalue weighted by Gasteiger charge is 2.21. The maximum Gasteiger partial charge on any atom is 0.293 e. The summed E-state index contributed by atoms with van der Waals surface area (Å²) in [5, 5.41) is 23.1. The van der Waals surface area contributed by atoms with Crippen molar-refractivity contribution in [1.29, 1.82) is 0 Å². The second kappa shape index (κ2) is 10.7. The molecule has 34 heavy (non-hydrogen) atoms. The van der Waals surface area contributed by atoms with Crippen molar-refractivity contribution in [3.63, 3.8) is 0 Å². The number of hydrogen-bond donors (Lipinski definition) is 1. The van der Waals surface area contributed by atoms with Crippen molar-refractivity contribution < 1.29 is 14.1 Å². The van der Waals surface area contributed by atoms with Crippen LogP contribution in [0.2, 0.25) is 0 Å². The van der Waals surface area contributed by atoms with E-state index in [0.29, 0.717) is 23.2 Å². The van der Waals surface area contributed by atoms with Crippen LogP contribution in [0, 0.1) is 22.9 Å². The second-order valence-electron chi connectivity index (χ2n) is 8.16. The van der Waals surface area contributed by atoms with Crippen molar-refractivity contribution >= 4 is 29.0 Å². The van der Waals surface area contributed by atoms with Crippen molar-refractivity contribution in [2.24, 2.45) is 0 Å². The van der Waals surface area contributed by atoms with Crippen LogP contribution < -0.4 is 5.32 Å². The van der Waals surface area contributed by atoms with E-state index in [-0.39, 0.29) is 22.9 Å². The SMILES string of the molecule is Cc1ccc(NC(=O)CSc2nnc(CN3CCCCC3)n2-c2ccc(F)cc2)c([N+](=O)[O-])c1. The van der Waals surface area contributed by atoms with Crippen molar-refractivity contribution in [1.82, 2.24) is 19.7 Å². The fraction of sp³-hybridized carbons (Fsp3) is 0.348. The average molecular weight is 485 g/mol. The molecule has 0 radical (unpaired) electrons. The highest BCUT2D eigenvalue weighted by Crippen LogP contribution is 2.27. The molecule has 0 spiro atoms. The Hall–Kier alpha value is -3.31. The molecule has 1 amide bonds. The fourth-order valence-corrected chi connectivity index (χ4v) is 4.65. The van der Waals surface area contributed by atoms with Gasteiger partial charge in [-0.1, -0.05) is 24.2 Å². The molecule has 1 saturated heterocycles. The molecule has 1 fully saturated rings. The molecule has 3 aromatic rings. The van der Waals surface area contributed by atoms with E-state index in [2.05, 4.69) is 20.4 Å². The van der Waals surface area contributed by atoms with E-state index in [1.807, 2.05) is 4.57 Å². The topological polar surface area (TPSA) is 106 Å². The normalized spacial score (nSPS) is 14.2. The number of hydrogen-bond acceptors (Lipinski definition) is 7. The van der Waals surface area contributed by atoms with Crippen LogP contribution in [0.15, 0.2) is 47.6 Å². The van der Waals surface area contributed by atoms with Crippen molar-refractivity contribution in [2.45, 2.75) is 37.9 Å². The van der Waals surface area contributed by atoms with Crippen LogP contribution in [0.25, 0.3) is 5.69 Å². The minimum Gasteiger partial charge on any atom is -0.320 e. The van der Waals surface area contributed by atoms with E-state index in [0.717, 1.165) is 31.5 Å². The lowest BCUT2D eigenvalue weighted by Crippen LogP contribution is -2.30. The number of carbonyl (C=O) groups is 1. The molecule has 0 unspecified atom stereocenters. The number of aryl methyl sites for hydroxylation is 1. The molecule has 11 heteroatoms. The summed E-state index contributed by atoms with van der Waals surface area (Å²) in [5.74, 6) is -0.0508. The summed E-state index contributed by atoms with van der Waals surface area (Å²) >= 11 is 1.17. The summed E-state index contributed by atoms with van der Waals surface area (Å²) in [5.41, 5.74) is 1.42. The number of nitrogens with zero attached hydrogens (tertiary/aromatic N) is 5. The summed E-state index contributed by atoms with van der Waals surface area (Å²) in [6.07, 6.45) is 3.49. The number of nitrogens with one attached hydrogen (secondary N) is 1. The number of likely N-dealkylation sites (tertiary alicyclic amines) is 1. The van der Waals surface area contributed by atoms with Crippen LogP contribution in [0.3, 0.4) is 0 Å². The smallest absolute Gasteiger partial charge is 0.293 e. The summed E-state index contributed by atoms with van der Waals surface area (Å²) < 4.78 is 15.4. The maximum absolute atomic E-state index is 13.5. The quantitative estimate of drug-likeness (QED) is 0.288. The van der Waals surface area contributed by atoms with Gasteiger partial charge in [0.05, 0.1) is 17.2 Å². The maximum atomic E-state index is 13.5. The van der Waals surface area contributed by atoms with E-state index in [1.54, 1.807) is 25.1 Å². The zero-order valence-electron chi connectivity index (χ0n) is 18.7. The Labute approximate surface area is 200 Å². The predicted octanol–water partition coefficient (Wildman–Crippen LogP) is 4.34. The Morgan fingerprint density at radius 2 is 1.88 bits per heavy atom. The summed E-state index contributed by atoms with van der Waals surface area (Å²) in [7, 11) is 0. The minimum absolute atomic E-state index is 0.0198. The lowest BCUT2D eigenvalue weighted by atomic mass is 10.1. The molecule has 0 atom stereocenters. The van der Waals surface area contributed by atoms with Gasteiger partial charge in [-0.25, -0.2) is 4.39 Å². The molecule has 0 bridgehead atoms. The number of nitro benzene ring substituents is 1. The first kappa shape index (κ1) is 23.8. The Morgan fingerprint density at radius 1 is 1.15 bits per heavy atom. The van der Waals surface area contributed by atoms with E-state index in [9.17, 15) is 19.3 Å². The molecule has 1 aromatic heterocycles. The standard InChI is InChI=1S/C23H25FN6O3S/c1-16-5-10-19(20(13-16)30(32)33)25-22(31)15-34-23-27-26-21(14-28-11-3-2-4-12-28)29(23)18-8-6-17(24)7-9-18/h5-10,13H,2-4,11-12,14-15H2,1H3,(H,25,31). The first-order valence-corrected chi connectivity index (χ1v) is 12.0. The molecule has 4 rings (SSSR count). The van der Waals surface area contributed by atoms with Crippen LogP contribution in [-0.4, -0.2) is 49.3 Å². The van der Waals surface area contributed by atoms with Crippen LogP contribution in [0.1, 0.15) is 30.7 Å². The van der Waals surface area contributed by atoms with Gasteiger partial charge in [-0.15, -0.1) is 10.2 Å². The number of benzene rings is 2. The van der Waals surface area contributed by atoms with Crippen LogP contribution in [0.4, 0.5) is 15.8 Å². The largest absolute Gasteiger partial charge is 0.320 e. The third-order valence-electron chi connectivity index (χ3n) is 5.56. The van der Waals surface area contributed by atoms with Gasteiger partial charge in [-0.2, -0.15) is 0 Å². The summed E-state index contributed by atoms with van der Waals surface area (Å²) in [6, 6.07) is 10.7. The molecular weight excluding hydrogens is 459 g/mol. The lowest BCUT2D eigenvalue weighted by molar-refractivity contribution is -0.384. The number of aromatic nitrogens is 3. The highest BCUT2D eigenvalue weighted by molar-refractivity contribution is 7.99. The summed E-state index contributed by atoms with van der Waals surface area (Å²) in [4.78, 5) is 25.7. The van der Waals surface area contributed by atoms with Gasteiger partial charge >= 0.3 is 0 Å². The summed E-state index contributed by atoms with van der Waals surface area (Å²) in [6.45, 7) is 4.32. The molecule has 2 heterocycles. The Bertz CT molecular complexity index is 1180. The monoisotopic (exact) mass is 484 g/mol. The number of amides is 1. The third kappa shape index (κ3) is 5.78. The molecule has 0 aliphatic carbocycles. The Balaban J connectivity index is 1.51. The van der Waals surface area contributed by atoms with Crippen LogP contribution in [0.5, 0.6) is 0 Å². The predicted molar refractivity (Wildman–Crippen MR) is 128 cm³/mol. The minimum atomic E-state index is -0.520. The van der Waals surface area contributed by atoms with E-state index in [1.165, 1.54) is 42.4 Å². The first-order valence-electron chi connectivity index (χ1n) is 11.0. The highest BCUT2D eigenvalue weighted by atomic mass is 32.2. The number of thioether (sulfide) groups is 1. The van der Waals surface area contributed by atoms with Gasteiger partial charge in [0.15, 0.2) is 11.0 Å². The zero-order chi connectivity index (χ0) is 24.1. The van der Waals surface area contributed by atoms with Crippen molar-refractivity contribution in [3.05, 3.63) is 69.8 Å². The van der Waals surface area contributed by atoms with E-state index < -0.39 is 10.8 Å². The van der Waals surface area contributed by atoms with E-state index in [4.69, 9.17) is 0 Å². The number of nitro groups is 1. The second-order valence-corrected chi connectivity index (χ2v) is 9.10. The van der Waals surface area contributed by atoms with Gasteiger partial charge in [0.2, 0.25) is 5.91 Å². The third-order valence-corrected chi connectivity index (χ3v) is 6.48. The van der Waals surface area contributed by atoms with Crippen LogP contribution >= 0.6 is 11.8 Å². The Kier molecular flexibility index (Phi) is 7.53. The number of piperidine rings is 1. The van der Waals surface area contributed by atoms with Gasteiger partial charge in [0, 0.05) is 11.8 Å². The molecule has 0 saturated carbocycles. The molecule has 9 nitrogen and oxygen atoms in total. The van der Waals surface area contributed by atoms with Gasteiger partial charge in [0.1, 0.15) is 11.5 Å². The zero-order valence-corrected chi connectivity index (χ0v) is 19.6. The Morgan fingerprint density at radius 3 is 2.59 bits per heavy atom. The number of anilines is 1. The van der Waals surface area contributed by atoms with Crippen molar-refractivity contribution in [3.8, 4) is 5.69 Å². The average Bonchev–Trinajstić information content (AvgIpc) is 3.22. The molecule has 1 N–H and O–H groups in total.